The Morgan fingerprint density at radius 2 is 2.19 bits per heavy atom. The van der Waals surface area contributed by atoms with E-state index in [9.17, 15) is 8.42 Å². The maximum atomic E-state index is 12.6. The van der Waals surface area contributed by atoms with Gasteiger partial charge in [0, 0.05) is 44.4 Å². The van der Waals surface area contributed by atoms with Crippen molar-refractivity contribution >= 4 is 10.0 Å². The van der Waals surface area contributed by atoms with Crippen molar-refractivity contribution in [1.82, 2.24) is 24.2 Å². The molecular weight excluding hydrogens is 290 g/mol. The molecule has 0 saturated carbocycles. The van der Waals surface area contributed by atoms with Gasteiger partial charge in [-0.15, -0.1) is 0 Å². The number of aromatic amines is 1. The third-order valence-corrected chi connectivity index (χ3v) is 5.57. The molecule has 7 nitrogen and oxygen atoms in total. The van der Waals surface area contributed by atoms with Crippen LogP contribution in [0, 0.1) is 0 Å². The molecule has 1 atom stereocenters. The predicted octanol–water partition coefficient (Wildman–Crippen LogP) is 0.482. The number of hydrogen-bond acceptors (Lipinski definition) is 5. The van der Waals surface area contributed by atoms with Crippen LogP contribution >= 0.6 is 0 Å². The number of pyridine rings is 1. The number of hydrogen-bond donors (Lipinski definition) is 1. The smallest absolute Gasteiger partial charge is 0.244 e. The Balaban J connectivity index is 1.87. The maximum Gasteiger partial charge on any atom is 0.244 e. The number of aromatic nitrogens is 3. The van der Waals surface area contributed by atoms with Crippen LogP contribution in [0.1, 0.15) is 11.9 Å². The quantitative estimate of drug-likeness (QED) is 0.892. The number of H-pyrrole nitrogens is 1. The number of likely N-dealkylation sites (N-methyl/N-ethyl adjacent to an activating group) is 1. The molecule has 1 saturated heterocycles. The van der Waals surface area contributed by atoms with Crippen molar-refractivity contribution < 1.29 is 8.42 Å². The monoisotopic (exact) mass is 307 g/mol. The first-order chi connectivity index (χ1) is 10.1. The summed E-state index contributed by atoms with van der Waals surface area (Å²) in [6.45, 7) is 1.50. The van der Waals surface area contributed by atoms with Gasteiger partial charge in [-0.25, -0.2) is 13.4 Å². The summed E-state index contributed by atoms with van der Waals surface area (Å²) in [4.78, 5) is 13.5. The molecule has 2 aromatic rings. The molecule has 1 aliphatic rings. The summed E-state index contributed by atoms with van der Waals surface area (Å²) in [6.07, 6.45) is 6.37. The molecule has 0 radical (unpaired) electrons. The van der Waals surface area contributed by atoms with Crippen molar-refractivity contribution in [3.05, 3.63) is 42.7 Å². The standard InChI is InChI=1S/C13H17N5O2S/c1-17-7-8-18(10-12(17)13-15-5-6-16-13)21(19,20)11-3-2-4-14-9-11/h2-6,9,12H,7-8,10H2,1H3,(H,15,16)/t12-/m1/s1. The average molecular weight is 307 g/mol. The van der Waals surface area contributed by atoms with Gasteiger partial charge in [-0.05, 0) is 19.2 Å². The Morgan fingerprint density at radius 1 is 1.33 bits per heavy atom. The van der Waals surface area contributed by atoms with Gasteiger partial charge in [0.15, 0.2) is 0 Å². The van der Waals surface area contributed by atoms with E-state index in [2.05, 4.69) is 19.9 Å². The molecule has 1 fully saturated rings. The van der Waals surface area contributed by atoms with Gasteiger partial charge in [0.25, 0.3) is 0 Å². The Labute approximate surface area is 123 Å². The average Bonchev–Trinajstić information content (AvgIpc) is 3.02. The summed E-state index contributed by atoms with van der Waals surface area (Å²) in [5.74, 6) is 0.781. The topological polar surface area (TPSA) is 82.2 Å². The van der Waals surface area contributed by atoms with Crippen LogP contribution in [-0.4, -0.2) is 59.3 Å². The minimum atomic E-state index is -3.51. The van der Waals surface area contributed by atoms with E-state index in [0.717, 1.165) is 5.82 Å². The van der Waals surface area contributed by atoms with Gasteiger partial charge in [0.1, 0.15) is 10.7 Å². The summed E-state index contributed by atoms with van der Waals surface area (Å²) in [5.41, 5.74) is 0. The minimum Gasteiger partial charge on any atom is -0.347 e. The molecule has 1 N–H and O–H groups in total. The highest BCUT2D eigenvalue weighted by molar-refractivity contribution is 7.89. The third kappa shape index (κ3) is 2.69. The SMILES string of the molecule is CN1CCN(S(=O)(=O)c2cccnc2)C[C@@H]1c1ncc[nH]1. The van der Waals surface area contributed by atoms with E-state index in [1.807, 2.05) is 7.05 Å². The Kier molecular flexibility index (Phi) is 3.75. The highest BCUT2D eigenvalue weighted by atomic mass is 32.2. The molecule has 0 spiro atoms. The number of sulfonamides is 1. The van der Waals surface area contributed by atoms with Gasteiger partial charge in [-0.1, -0.05) is 0 Å². The lowest BCUT2D eigenvalue weighted by Crippen LogP contribution is -2.49. The van der Waals surface area contributed by atoms with Gasteiger partial charge in [-0.3, -0.25) is 9.88 Å². The molecule has 8 heteroatoms. The molecule has 3 heterocycles. The van der Waals surface area contributed by atoms with Crippen molar-refractivity contribution in [3.63, 3.8) is 0 Å². The van der Waals surface area contributed by atoms with Gasteiger partial charge in [0.05, 0.1) is 6.04 Å². The molecule has 0 unspecified atom stereocenters. The van der Waals surface area contributed by atoms with Crippen LogP contribution < -0.4 is 0 Å². The van der Waals surface area contributed by atoms with Crippen molar-refractivity contribution in [2.45, 2.75) is 10.9 Å². The first kappa shape index (κ1) is 14.2. The fraction of sp³-hybridized carbons (Fsp3) is 0.385. The number of nitrogens with zero attached hydrogens (tertiary/aromatic N) is 4. The van der Waals surface area contributed by atoms with E-state index in [-0.39, 0.29) is 10.9 Å². The van der Waals surface area contributed by atoms with Crippen molar-refractivity contribution in [1.29, 1.82) is 0 Å². The van der Waals surface area contributed by atoms with Gasteiger partial charge in [0.2, 0.25) is 10.0 Å². The summed E-state index contributed by atoms with van der Waals surface area (Å²) >= 11 is 0. The zero-order chi connectivity index (χ0) is 14.9. The molecule has 3 rings (SSSR count). The molecule has 2 aromatic heterocycles. The van der Waals surface area contributed by atoms with Crippen LogP contribution in [0.15, 0.2) is 41.8 Å². The van der Waals surface area contributed by atoms with E-state index in [4.69, 9.17) is 0 Å². The van der Waals surface area contributed by atoms with Crippen LogP contribution in [0.25, 0.3) is 0 Å². The number of rotatable bonds is 3. The summed E-state index contributed by atoms with van der Waals surface area (Å²) < 4.78 is 26.8. The minimum absolute atomic E-state index is 0.0693. The van der Waals surface area contributed by atoms with Gasteiger partial charge >= 0.3 is 0 Å². The summed E-state index contributed by atoms with van der Waals surface area (Å²) in [6, 6.07) is 3.13. The van der Waals surface area contributed by atoms with E-state index in [1.54, 1.807) is 30.7 Å². The highest BCUT2D eigenvalue weighted by Crippen LogP contribution is 2.25. The molecule has 1 aliphatic heterocycles. The van der Waals surface area contributed by atoms with Crippen molar-refractivity contribution in [3.8, 4) is 0 Å². The predicted molar refractivity (Wildman–Crippen MR) is 77.0 cm³/mol. The fourth-order valence-electron chi connectivity index (χ4n) is 2.47. The highest BCUT2D eigenvalue weighted by Gasteiger charge is 2.34. The fourth-order valence-corrected chi connectivity index (χ4v) is 3.87. The largest absolute Gasteiger partial charge is 0.347 e. The lowest BCUT2D eigenvalue weighted by atomic mass is 10.2. The molecule has 0 amide bonds. The molecule has 0 aromatic carbocycles. The van der Waals surface area contributed by atoms with Crippen molar-refractivity contribution in [2.75, 3.05) is 26.7 Å². The summed E-state index contributed by atoms with van der Waals surface area (Å²) in [7, 11) is -1.53. The van der Waals surface area contributed by atoms with Crippen LogP contribution in [0.2, 0.25) is 0 Å². The van der Waals surface area contributed by atoms with Gasteiger partial charge < -0.3 is 4.98 Å². The van der Waals surface area contributed by atoms with Crippen LogP contribution in [0.3, 0.4) is 0 Å². The summed E-state index contributed by atoms with van der Waals surface area (Å²) in [5, 5.41) is 0. The lowest BCUT2D eigenvalue weighted by molar-refractivity contribution is 0.142. The number of nitrogens with one attached hydrogen (secondary N) is 1. The molecular formula is C13H17N5O2S. The van der Waals surface area contributed by atoms with Crippen molar-refractivity contribution in [2.24, 2.45) is 0 Å². The normalized spacial score (nSPS) is 21.5. The van der Waals surface area contributed by atoms with E-state index in [1.165, 1.54) is 10.5 Å². The van der Waals surface area contributed by atoms with Crippen LogP contribution in [0.4, 0.5) is 0 Å². The first-order valence-corrected chi connectivity index (χ1v) is 8.13. The molecule has 21 heavy (non-hydrogen) atoms. The number of piperazine rings is 1. The lowest BCUT2D eigenvalue weighted by Gasteiger charge is -2.37. The van der Waals surface area contributed by atoms with Crippen LogP contribution in [-0.2, 0) is 10.0 Å². The van der Waals surface area contributed by atoms with E-state index in [0.29, 0.717) is 19.6 Å². The second-order valence-electron chi connectivity index (χ2n) is 5.02. The first-order valence-electron chi connectivity index (χ1n) is 6.69. The van der Waals surface area contributed by atoms with E-state index < -0.39 is 10.0 Å². The van der Waals surface area contributed by atoms with Crippen LogP contribution in [0.5, 0.6) is 0 Å². The van der Waals surface area contributed by atoms with E-state index >= 15 is 0 Å². The molecule has 0 bridgehead atoms. The zero-order valence-corrected chi connectivity index (χ0v) is 12.5. The number of imidazole rings is 1. The third-order valence-electron chi connectivity index (χ3n) is 3.72. The Bertz CT molecular complexity index is 687. The zero-order valence-electron chi connectivity index (χ0n) is 11.7. The maximum absolute atomic E-state index is 12.6. The van der Waals surface area contributed by atoms with Gasteiger partial charge in [-0.2, -0.15) is 4.31 Å². The molecule has 0 aliphatic carbocycles. The Hall–Kier alpha value is -1.77. The second kappa shape index (κ2) is 5.55. The second-order valence-corrected chi connectivity index (χ2v) is 6.96. The molecule has 112 valence electrons. The Morgan fingerprint density at radius 3 is 2.86 bits per heavy atom.